The van der Waals surface area contributed by atoms with E-state index in [2.05, 4.69) is 6.07 Å². The highest BCUT2D eigenvalue weighted by Crippen LogP contribution is 2.43. The van der Waals surface area contributed by atoms with Crippen LogP contribution in [0.25, 0.3) is 0 Å². The van der Waals surface area contributed by atoms with E-state index in [1.807, 2.05) is 24.3 Å². The molecule has 0 unspecified atom stereocenters. The van der Waals surface area contributed by atoms with Crippen molar-refractivity contribution in [3.05, 3.63) is 65.0 Å². The molecule has 0 fully saturated rings. The highest BCUT2D eigenvalue weighted by Gasteiger charge is 2.30. The molecule has 0 spiro atoms. The van der Waals surface area contributed by atoms with E-state index in [0.717, 1.165) is 16.9 Å². The van der Waals surface area contributed by atoms with Crippen molar-refractivity contribution in [3.8, 4) is 23.3 Å². The first-order chi connectivity index (χ1) is 10.6. The molecule has 1 aliphatic rings. The fourth-order valence-corrected chi connectivity index (χ4v) is 2.58. The van der Waals surface area contributed by atoms with Gasteiger partial charge in [0.25, 0.3) is 0 Å². The molecule has 0 aromatic heterocycles. The number of hydrogen-bond donors (Lipinski definition) is 2. The van der Waals surface area contributed by atoms with Gasteiger partial charge in [0.15, 0.2) is 0 Å². The molecule has 1 heterocycles. The van der Waals surface area contributed by atoms with Crippen molar-refractivity contribution in [1.82, 2.24) is 0 Å². The van der Waals surface area contributed by atoms with Gasteiger partial charge in [-0.1, -0.05) is 18.2 Å². The summed E-state index contributed by atoms with van der Waals surface area (Å²) in [6.45, 7) is 0. The maximum absolute atomic E-state index is 9.60. The molecule has 0 radical (unpaired) electrons. The molecule has 2 aromatic rings. The van der Waals surface area contributed by atoms with Crippen LogP contribution < -0.4 is 15.2 Å². The van der Waals surface area contributed by atoms with Crippen LogP contribution in [0.1, 0.15) is 17.0 Å². The fourth-order valence-electron chi connectivity index (χ4n) is 2.58. The highest BCUT2D eigenvalue weighted by molar-refractivity contribution is 5.57. The van der Waals surface area contributed by atoms with E-state index >= 15 is 0 Å². The highest BCUT2D eigenvalue weighted by atomic mass is 16.5. The van der Waals surface area contributed by atoms with Crippen molar-refractivity contribution in [2.45, 2.75) is 5.92 Å². The van der Waals surface area contributed by atoms with Crippen LogP contribution in [0.5, 0.6) is 17.2 Å². The van der Waals surface area contributed by atoms with Crippen LogP contribution in [0, 0.1) is 11.3 Å². The summed E-state index contributed by atoms with van der Waals surface area (Å²) in [5.74, 6) is 0.997. The van der Waals surface area contributed by atoms with Gasteiger partial charge < -0.3 is 20.3 Å². The van der Waals surface area contributed by atoms with Crippen LogP contribution in [-0.2, 0) is 0 Å². The number of phenols is 1. The minimum Gasteiger partial charge on any atom is -0.508 e. The molecule has 110 valence electrons. The second-order valence-corrected chi connectivity index (χ2v) is 4.92. The number of nitrogens with zero attached hydrogens (tertiary/aromatic N) is 1. The number of nitrogens with two attached hydrogens (primary N) is 1. The molecule has 0 amide bonds. The summed E-state index contributed by atoms with van der Waals surface area (Å²) in [5.41, 5.74) is 7.90. The lowest BCUT2D eigenvalue weighted by Crippen LogP contribution is -2.20. The zero-order valence-electron chi connectivity index (χ0n) is 11.9. The summed E-state index contributed by atoms with van der Waals surface area (Å²) in [6.07, 6.45) is 0. The summed E-state index contributed by atoms with van der Waals surface area (Å²) in [4.78, 5) is 0. The number of aromatic hydroxyl groups is 1. The quantitative estimate of drug-likeness (QED) is 0.888. The van der Waals surface area contributed by atoms with Gasteiger partial charge in [-0.05, 0) is 23.8 Å². The van der Waals surface area contributed by atoms with Crippen LogP contribution in [0.3, 0.4) is 0 Å². The van der Waals surface area contributed by atoms with E-state index in [9.17, 15) is 10.4 Å². The van der Waals surface area contributed by atoms with E-state index < -0.39 is 0 Å². The average molecular weight is 294 g/mol. The Morgan fingerprint density at radius 2 is 1.95 bits per heavy atom. The van der Waals surface area contributed by atoms with Gasteiger partial charge in [0.05, 0.1) is 13.0 Å². The van der Waals surface area contributed by atoms with Gasteiger partial charge >= 0.3 is 0 Å². The van der Waals surface area contributed by atoms with Crippen LogP contribution >= 0.6 is 0 Å². The van der Waals surface area contributed by atoms with Crippen molar-refractivity contribution in [2.24, 2.45) is 5.73 Å². The number of phenolic OH excluding ortho intramolecular Hbond substituents is 1. The van der Waals surface area contributed by atoms with Crippen molar-refractivity contribution in [1.29, 1.82) is 5.26 Å². The van der Waals surface area contributed by atoms with Crippen molar-refractivity contribution in [3.63, 3.8) is 0 Å². The fraction of sp³-hybridized carbons (Fsp3) is 0.118. The smallest absolute Gasteiger partial charge is 0.205 e. The average Bonchev–Trinajstić information content (AvgIpc) is 2.53. The van der Waals surface area contributed by atoms with Crippen molar-refractivity contribution in [2.75, 3.05) is 7.11 Å². The molecule has 0 saturated carbocycles. The van der Waals surface area contributed by atoms with E-state index in [0.29, 0.717) is 11.3 Å². The van der Waals surface area contributed by atoms with Gasteiger partial charge in [-0.2, -0.15) is 5.26 Å². The lowest BCUT2D eigenvalue weighted by molar-refractivity contribution is 0.388. The third-order valence-corrected chi connectivity index (χ3v) is 3.65. The van der Waals surface area contributed by atoms with Gasteiger partial charge in [-0.25, -0.2) is 0 Å². The summed E-state index contributed by atoms with van der Waals surface area (Å²) in [5, 5.41) is 19.0. The molecule has 1 atom stereocenters. The van der Waals surface area contributed by atoms with E-state index in [4.69, 9.17) is 15.2 Å². The van der Waals surface area contributed by atoms with E-state index in [1.165, 1.54) is 6.07 Å². The van der Waals surface area contributed by atoms with Crippen LogP contribution in [-0.4, -0.2) is 12.2 Å². The predicted molar refractivity (Wildman–Crippen MR) is 80.4 cm³/mol. The largest absolute Gasteiger partial charge is 0.508 e. The molecular formula is C17H14N2O3. The number of benzene rings is 2. The van der Waals surface area contributed by atoms with Gasteiger partial charge in [0, 0.05) is 11.6 Å². The molecule has 0 aliphatic carbocycles. The number of hydrogen-bond acceptors (Lipinski definition) is 5. The molecule has 3 N–H and O–H groups in total. The third-order valence-electron chi connectivity index (χ3n) is 3.65. The number of fused-ring (bicyclic) bond motifs is 1. The Kier molecular flexibility index (Phi) is 3.36. The lowest BCUT2D eigenvalue weighted by Gasteiger charge is -2.26. The Labute approximate surface area is 127 Å². The summed E-state index contributed by atoms with van der Waals surface area (Å²) >= 11 is 0. The SMILES string of the molecule is COc1ccc([C@H]2C(C#N)=C(N)Oc3cc(O)ccc32)cc1. The minimum absolute atomic E-state index is 0.0569. The third kappa shape index (κ3) is 2.21. The Balaban J connectivity index is 2.16. The summed E-state index contributed by atoms with van der Waals surface area (Å²) in [6, 6.07) is 14.3. The Bertz CT molecular complexity index is 789. The maximum Gasteiger partial charge on any atom is 0.205 e. The summed E-state index contributed by atoms with van der Waals surface area (Å²) < 4.78 is 10.6. The topological polar surface area (TPSA) is 88.5 Å². The zero-order valence-corrected chi connectivity index (χ0v) is 11.9. The van der Waals surface area contributed by atoms with Gasteiger partial charge in [0.1, 0.15) is 28.9 Å². The number of ether oxygens (including phenoxy) is 2. The molecule has 5 heteroatoms. The van der Waals surface area contributed by atoms with Crippen LogP contribution in [0.15, 0.2) is 53.9 Å². The molecular weight excluding hydrogens is 280 g/mol. The number of nitriles is 1. The standard InChI is InChI=1S/C17H14N2O3/c1-21-12-5-2-10(3-6-12)16-13-7-4-11(20)8-15(13)22-17(19)14(16)9-18/h2-8,16,20H,19H2,1H3/t16-/m1/s1. The van der Waals surface area contributed by atoms with Crippen LogP contribution in [0.4, 0.5) is 0 Å². The predicted octanol–water partition coefficient (Wildman–Crippen LogP) is 2.62. The second kappa shape index (κ2) is 5.34. The van der Waals surface area contributed by atoms with Gasteiger partial charge in [-0.15, -0.1) is 0 Å². The zero-order chi connectivity index (χ0) is 15.7. The normalized spacial score (nSPS) is 16.5. The van der Waals surface area contributed by atoms with Gasteiger partial charge in [-0.3, -0.25) is 0 Å². The Morgan fingerprint density at radius 1 is 1.23 bits per heavy atom. The Hall–Kier alpha value is -3.13. The maximum atomic E-state index is 9.60. The number of rotatable bonds is 2. The molecule has 22 heavy (non-hydrogen) atoms. The van der Waals surface area contributed by atoms with Gasteiger partial charge in [0.2, 0.25) is 5.88 Å². The van der Waals surface area contributed by atoms with Crippen LogP contribution in [0.2, 0.25) is 0 Å². The first-order valence-electron chi connectivity index (χ1n) is 6.68. The van der Waals surface area contributed by atoms with Crippen molar-refractivity contribution >= 4 is 0 Å². The monoisotopic (exact) mass is 294 g/mol. The Morgan fingerprint density at radius 3 is 2.59 bits per heavy atom. The molecule has 0 bridgehead atoms. The molecule has 2 aromatic carbocycles. The molecule has 1 aliphatic heterocycles. The number of methoxy groups -OCH3 is 1. The molecule has 3 rings (SSSR count). The lowest BCUT2D eigenvalue weighted by atomic mass is 9.83. The molecule has 5 nitrogen and oxygen atoms in total. The minimum atomic E-state index is -0.333. The number of allylic oxidation sites excluding steroid dienone is 1. The summed E-state index contributed by atoms with van der Waals surface area (Å²) in [7, 11) is 1.60. The van der Waals surface area contributed by atoms with Crippen molar-refractivity contribution < 1.29 is 14.6 Å². The van der Waals surface area contributed by atoms with E-state index in [1.54, 1.807) is 19.2 Å². The first kappa shape index (κ1) is 13.8. The molecule has 0 saturated heterocycles. The first-order valence-corrected chi connectivity index (χ1v) is 6.68. The second-order valence-electron chi connectivity index (χ2n) is 4.92. The van der Waals surface area contributed by atoms with E-state index in [-0.39, 0.29) is 17.6 Å².